The van der Waals surface area contributed by atoms with Crippen LogP contribution in [-0.4, -0.2) is 41.2 Å². The first-order valence-electron chi connectivity index (χ1n) is 7.51. The lowest BCUT2D eigenvalue weighted by molar-refractivity contribution is 0.0131. The molecule has 2 aliphatic rings. The van der Waals surface area contributed by atoms with Crippen LogP contribution < -0.4 is 0 Å². The van der Waals surface area contributed by atoms with Gasteiger partial charge >= 0.3 is 0 Å². The van der Waals surface area contributed by atoms with Crippen molar-refractivity contribution in [3.63, 3.8) is 0 Å². The molecule has 4 rings (SSSR count). The van der Waals surface area contributed by atoms with E-state index >= 15 is 0 Å². The Bertz CT molecular complexity index is 662. The summed E-state index contributed by atoms with van der Waals surface area (Å²) in [6, 6.07) is 7.18. The van der Waals surface area contributed by atoms with Crippen molar-refractivity contribution in [2.45, 2.75) is 31.7 Å². The van der Waals surface area contributed by atoms with E-state index in [1.54, 1.807) is 0 Å². The topological polar surface area (TPSA) is 39.3 Å². The third-order valence-electron chi connectivity index (χ3n) is 5.40. The highest BCUT2D eigenvalue weighted by Crippen LogP contribution is 2.47. The van der Waals surface area contributed by atoms with Gasteiger partial charge in [0, 0.05) is 47.6 Å². The number of aromatic nitrogens is 1. The first kappa shape index (κ1) is 12.4. The summed E-state index contributed by atoms with van der Waals surface area (Å²) in [5.41, 5.74) is 4.21. The Morgan fingerprint density at radius 3 is 3.10 bits per heavy atom. The van der Waals surface area contributed by atoms with Crippen molar-refractivity contribution in [3.05, 3.63) is 35.5 Å². The van der Waals surface area contributed by atoms with Gasteiger partial charge in [-0.3, -0.25) is 0 Å². The Morgan fingerprint density at radius 2 is 2.30 bits per heavy atom. The largest absolute Gasteiger partial charge is 0.396 e. The number of rotatable bonds is 1. The Kier molecular flexibility index (Phi) is 2.54. The second-order valence-electron chi connectivity index (χ2n) is 7.05. The van der Waals surface area contributed by atoms with Crippen LogP contribution in [0.15, 0.2) is 24.4 Å². The van der Waals surface area contributed by atoms with Gasteiger partial charge in [0.15, 0.2) is 0 Å². The summed E-state index contributed by atoms with van der Waals surface area (Å²) in [5, 5.41) is 11.2. The summed E-state index contributed by atoms with van der Waals surface area (Å²) in [6.45, 7) is 3.48. The Morgan fingerprint density at radius 1 is 1.45 bits per heavy atom. The maximum atomic E-state index is 9.77. The molecule has 2 N–H and O–H groups in total. The summed E-state index contributed by atoms with van der Waals surface area (Å²) >= 11 is 0. The Hall–Kier alpha value is -1.32. The number of aliphatic hydroxyl groups excluding tert-OH is 1. The van der Waals surface area contributed by atoms with Gasteiger partial charge in [-0.05, 0) is 37.1 Å². The number of aromatic amines is 1. The molecule has 3 nitrogen and oxygen atoms in total. The number of nitrogens with zero attached hydrogens (tertiary/aromatic N) is 1. The second kappa shape index (κ2) is 4.09. The van der Waals surface area contributed by atoms with E-state index in [0.29, 0.717) is 12.0 Å². The molecule has 1 aliphatic carbocycles. The molecule has 0 unspecified atom stereocenters. The average Bonchev–Trinajstić information content (AvgIpc) is 2.85. The smallest absolute Gasteiger partial charge is 0.0497 e. The minimum Gasteiger partial charge on any atom is -0.396 e. The molecule has 1 aromatic carbocycles. The van der Waals surface area contributed by atoms with Crippen molar-refractivity contribution >= 4 is 10.9 Å². The van der Waals surface area contributed by atoms with Gasteiger partial charge in [-0.15, -0.1) is 0 Å². The quantitative estimate of drug-likeness (QED) is 0.836. The number of benzene rings is 1. The normalized spacial score (nSPS) is 33.4. The van der Waals surface area contributed by atoms with E-state index in [1.807, 2.05) is 0 Å². The molecule has 1 saturated heterocycles. The van der Waals surface area contributed by atoms with Crippen molar-refractivity contribution in [1.82, 2.24) is 9.88 Å². The van der Waals surface area contributed by atoms with Crippen LogP contribution in [-0.2, 0) is 6.42 Å². The molecule has 106 valence electrons. The third-order valence-corrected chi connectivity index (χ3v) is 5.40. The number of likely N-dealkylation sites (N-methyl/N-ethyl adjacent to an activating group) is 1. The fraction of sp³-hybridized carbons (Fsp3) is 0.529. The summed E-state index contributed by atoms with van der Waals surface area (Å²) in [4.78, 5) is 5.87. The fourth-order valence-electron chi connectivity index (χ4n) is 4.47. The SMILES string of the molecule is CN1C[C@@](C)(CO)C[C@@H]2c3cccc4[nH]cc(c34)C[C@H]21. The molecule has 0 bridgehead atoms. The fourth-order valence-corrected chi connectivity index (χ4v) is 4.47. The van der Waals surface area contributed by atoms with Crippen LogP contribution in [0, 0.1) is 5.41 Å². The van der Waals surface area contributed by atoms with Crippen LogP contribution in [0.3, 0.4) is 0 Å². The molecule has 20 heavy (non-hydrogen) atoms. The van der Waals surface area contributed by atoms with Crippen molar-refractivity contribution in [2.24, 2.45) is 5.41 Å². The van der Waals surface area contributed by atoms with Gasteiger partial charge in [-0.25, -0.2) is 0 Å². The van der Waals surface area contributed by atoms with Crippen molar-refractivity contribution < 1.29 is 5.11 Å². The number of likely N-dealkylation sites (tertiary alicyclic amines) is 1. The average molecular weight is 270 g/mol. The van der Waals surface area contributed by atoms with Gasteiger partial charge in [0.1, 0.15) is 0 Å². The third kappa shape index (κ3) is 1.60. The van der Waals surface area contributed by atoms with E-state index in [9.17, 15) is 5.11 Å². The van der Waals surface area contributed by atoms with Crippen LogP contribution in [0.5, 0.6) is 0 Å². The van der Waals surface area contributed by atoms with E-state index in [-0.39, 0.29) is 12.0 Å². The minimum atomic E-state index is 0.0197. The van der Waals surface area contributed by atoms with Gasteiger partial charge in [-0.2, -0.15) is 0 Å². The van der Waals surface area contributed by atoms with E-state index in [4.69, 9.17) is 0 Å². The summed E-state index contributed by atoms with van der Waals surface area (Å²) < 4.78 is 0. The van der Waals surface area contributed by atoms with E-state index < -0.39 is 0 Å². The molecule has 1 fully saturated rings. The maximum Gasteiger partial charge on any atom is 0.0497 e. The molecule has 0 radical (unpaired) electrons. The molecule has 2 heterocycles. The molecule has 1 aliphatic heterocycles. The highest BCUT2D eigenvalue weighted by atomic mass is 16.3. The molecule has 3 heteroatoms. The van der Waals surface area contributed by atoms with Crippen molar-refractivity contribution in [3.8, 4) is 0 Å². The number of aliphatic hydroxyl groups is 1. The van der Waals surface area contributed by atoms with Crippen molar-refractivity contribution in [1.29, 1.82) is 0 Å². The number of hydrogen-bond acceptors (Lipinski definition) is 2. The lowest BCUT2D eigenvalue weighted by Crippen LogP contribution is -2.52. The standard InChI is InChI=1S/C17H22N2O/c1-17(10-20)7-13-12-4-3-5-14-16(12)11(8-18-14)6-15(13)19(2)9-17/h3-5,8,13,15,18,20H,6-7,9-10H2,1-2H3/t13-,15-,17+/m1/s1. The lowest BCUT2D eigenvalue weighted by Gasteiger charge is -2.49. The zero-order valence-corrected chi connectivity index (χ0v) is 12.2. The lowest BCUT2D eigenvalue weighted by atomic mass is 9.67. The summed E-state index contributed by atoms with van der Waals surface area (Å²) in [5.74, 6) is 0.540. The molecule has 0 spiro atoms. The minimum absolute atomic E-state index is 0.0197. The van der Waals surface area contributed by atoms with Crippen LogP contribution in [0.1, 0.15) is 30.4 Å². The maximum absolute atomic E-state index is 9.77. The zero-order chi connectivity index (χ0) is 13.9. The molecule has 3 atom stereocenters. The van der Waals surface area contributed by atoms with Gasteiger partial charge in [0.05, 0.1) is 0 Å². The molecular weight excluding hydrogens is 248 g/mol. The monoisotopic (exact) mass is 270 g/mol. The number of fused-ring (bicyclic) bond motifs is 2. The number of piperidine rings is 1. The predicted octanol–water partition coefficient (Wildman–Crippen LogP) is 2.51. The number of nitrogens with one attached hydrogen (secondary N) is 1. The van der Waals surface area contributed by atoms with Gasteiger partial charge in [0.25, 0.3) is 0 Å². The first-order chi connectivity index (χ1) is 9.61. The van der Waals surface area contributed by atoms with Crippen molar-refractivity contribution in [2.75, 3.05) is 20.2 Å². The second-order valence-corrected chi connectivity index (χ2v) is 7.05. The van der Waals surface area contributed by atoms with Crippen LogP contribution in [0.4, 0.5) is 0 Å². The molecule has 1 aromatic heterocycles. The number of hydrogen-bond donors (Lipinski definition) is 2. The highest BCUT2D eigenvalue weighted by Gasteiger charge is 2.43. The Labute approximate surface area is 119 Å². The summed E-state index contributed by atoms with van der Waals surface area (Å²) in [7, 11) is 2.21. The zero-order valence-electron chi connectivity index (χ0n) is 12.2. The molecule has 0 amide bonds. The highest BCUT2D eigenvalue weighted by molar-refractivity contribution is 5.88. The van der Waals surface area contributed by atoms with Crippen LogP contribution in [0.2, 0.25) is 0 Å². The first-order valence-corrected chi connectivity index (χ1v) is 7.51. The van der Waals surface area contributed by atoms with Gasteiger partial charge < -0.3 is 15.0 Å². The predicted molar refractivity (Wildman–Crippen MR) is 81.0 cm³/mol. The van der Waals surface area contributed by atoms with Crippen LogP contribution in [0.25, 0.3) is 10.9 Å². The summed E-state index contributed by atoms with van der Waals surface area (Å²) in [6.07, 6.45) is 4.39. The van der Waals surface area contributed by atoms with Gasteiger partial charge in [0.2, 0.25) is 0 Å². The molecule has 2 aromatic rings. The van der Waals surface area contributed by atoms with E-state index in [2.05, 4.69) is 48.3 Å². The van der Waals surface area contributed by atoms with E-state index in [0.717, 1.165) is 19.4 Å². The Balaban J connectivity index is 1.87. The van der Waals surface area contributed by atoms with Crippen LogP contribution >= 0.6 is 0 Å². The van der Waals surface area contributed by atoms with E-state index in [1.165, 1.54) is 22.0 Å². The number of H-pyrrole nitrogens is 1. The van der Waals surface area contributed by atoms with Gasteiger partial charge in [-0.1, -0.05) is 19.1 Å². The molecule has 0 saturated carbocycles. The molecular formula is C17H22N2O.